The molecule has 3 aromatic carbocycles. The minimum Gasteiger partial charge on any atom is -0.265 e. The number of aromatic nitrogens is 2. The van der Waals surface area contributed by atoms with Crippen LogP contribution in [0.15, 0.2) is 102 Å². The van der Waals surface area contributed by atoms with Crippen molar-refractivity contribution in [2.75, 3.05) is 0 Å². The molecule has 1 aliphatic carbocycles. The second-order valence-corrected chi connectivity index (χ2v) is 11.2. The molecule has 0 N–H and O–H groups in total. The maximum absolute atomic E-state index is 4.63. The van der Waals surface area contributed by atoms with Crippen LogP contribution in [0.25, 0.3) is 46.6 Å². The normalized spacial score (nSPS) is 13.6. The highest BCUT2D eigenvalue weighted by Gasteiger charge is 2.35. The Labute approximate surface area is 236 Å². The van der Waals surface area contributed by atoms with E-state index in [0.717, 1.165) is 16.0 Å². The van der Waals surface area contributed by atoms with Gasteiger partial charge in [0.1, 0.15) is 0 Å². The van der Waals surface area contributed by atoms with Gasteiger partial charge in [0.15, 0.2) is 0 Å². The Morgan fingerprint density at radius 3 is 1.79 bits per heavy atom. The molecule has 0 radical (unpaired) electrons. The first-order chi connectivity index (χ1) is 18.9. The van der Waals surface area contributed by atoms with E-state index in [0.29, 0.717) is 0 Å². The maximum Gasteiger partial charge on any atom is 0.0273 e. The average Bonchev–Trinajstić information content (AvgIpc) is 3.17. The van der Waals surface area contributed by atoms with Gasteiger partial charge in [-0.15, -0.1) is 12.6 Å². The van der Waals surface area contributed by atoms with Crippen molar-refractivity contribution in [2.24, 2.45) is 0 Å². The van der Waals surface area contributed by atoms with Gasteiger partial charge in [-0.1, -0.05) is 62.4 Å². The number of aryl methyl sites for hydroxylation is 1. The van der Waals surface area contributed by atoms with Crippen LogP contribution >= 0.6 is 12.6 Å². The smallest absolute Gasteiger partial charge is 0.0273 e. The monoisotopic (exact) mass is 522 g/mol. The van der Waals surface area contributed by atoms with Crippen molar-refractivity contribution in [3.05, 3.63) is 137 Å². The molecule has 0 saturated carbocycles. The van der Waals surface area contributed by atoms with Crippen LogP contribution in [-0.4, -0.2) is 9.97 Å². The standard InChI is InChI=1S/C36H30N2S/c1-24-20-28(7-5-26-14-18-38-19-15-26)33(21-27(24)6-4-25-12-16-37-17-13-25)29-8-10-31-32-11-9-30(39)23-35(32)36(2,3)34(31)22-29/h4-23,39H,1-3H3. The van der Waals surface area contributed by atoms with Crippen molar-refractivity contribution in [2.45, 2.75) is 31.1 Å². The third-order valence-electron chi connectivity index (χ3n) is 7.73. The fraction of sp³-hybridized carbons (Fsp3) is 0.111. The maximum atomic E-state index is 4.63. The number of rotatable bonds is 5. The van der Waals surface area contributed by atoms with Crippen LogP contribution in [-0.2, 0) is 5.41 Å². The third-order valence-corrected chi connectivity index (χ3v) is 8.01. The number of hydrogen-bond acceptors (Lipinski definition) is 3. The van der Waals surface area contributed by atoms with E-state index in [1.807, 2.05) is 49.1 Å². The number of benzene rings is 3. The lowest BCUT2D eigenvalue weighted by Gasteiger charge is -2.22. The van der Waals surface area contributed by atoms with Gasteiger partial charge < -0.3 is 0 Å². The largest absolute Gasteiger partial charge is 0.265 e. The predicted octanol–water partition coefficient (Wildman–Crippen LogP) is 9.39. The zero-order valence-corrected chi connectivity index (χ0v) is 23.3. The van der Waals surface area contributed by atoms with Crippen LogP contribution in [0, 0.1) is 6.92 Å². The van der Waals surface area contributed by atoms with Crippen molar-refractivity contribution in [3.63, 3.8) is 0 Å². The molecule has 0 fully saturated rings. The summed E-state index contributed by atoms with van der Waals surface area (Å²) in [6, 6.07) is 26.2. The summed E-state index contributed by atoms with van der Waals surface area (Å²) in [7, 11) is 0. The molecule has 190 valence electrons. The Morgan fingerprint density at radius 2 is 1.15 bits per heavy atom. The summed E-state index contributed by atoms with van der Waals surface area (Å²) in [6.45, 7) is 6.81. The zero-order valence-electron chi connectivity index (χ0n) is 22.4. The number of hydrogen-bond donors (Lipinski definition) is 1. The van der Waals surface area contributed by atoms with E-state index < -0.39 is 0 Å². The van der Waals surface area contributed by atoms with Crippen molar-refractivity contribution >= 4 is 36.9 Å². The molecule has 0 atom stereocenters. The lowest BCUT2D eigenvalue weighted by Crippen LogP contribution is -2.15. The van der Waals surface area contributed by atoms with Gasteiger partial charge in [0.25, 0.3) is 0 Å². The number of pyridine rings is 2. The molecule has 0 spiro atoms. The first-order valence-corrected chi connectivity index (χ1v) is 13.6. The lowest BCUT2D eigenvalue weighted by atomic mass is 9.81. The Balaban J connectivity index is 1.48. The van der Waals surface area contributed by atoms with Crippen LogP contribution in [0.4, 0.5) is 0 Å². The molecule has 5 aromatic rings. The Kier molecular flexibility index (Phi) is 6.54. The topological polar surface area (TPSA) is 25.8 Å². The molecule has 0 unspecified atom stereocenters. The van der Waals surface area contributed by atoms with E-state index in [9.17, 15) is 0 Å². The molecular weight excluding hydrogens is 492 g/mol. The molecule has 39 heavy (non-hydrogen) atoms. The Bertz CT molecular complexity index is 1730. The van der Waals surface area contributed by atoms with Crippen LogP contribution < -0.4 is 0 Å². The van der Waals surface area contributed by atoms with Crippen LogP contribution in [0.1, 0.15) is 52.8 Å². The van der Waals surface area contributed by atoms with Gasteiger partial charge in [0.05, 0.1) is 0 Å². The molecule has 0 bridgehead atoms. The van der Waals surface area contributed by atoms with Gasteiger partial charge >= 0.3 is 0 Å². The van der Waals surface area contributed by atoms with E-state index >= 15 is 0 Å². The molecule has 2 aromatic heterocycles. The number of thiol groups is 1. The molecule has 2 nitrogen and oxygen atoms in total. The highest BCUT2D eigenvalue weighted by atomic mass is 32.1. The molecule has 0 amide bonds. The first-order valence-electron chi connectivity index (χ1n) is 13.2. The Morgan fingerprint density at radius 1 is 0.590 bits per heavy atom. The fourth-order valence-corrected chi connectivity index (χ4v) is 5.73. The SMILES string of the molecule is Cc1cc(C=Cc2ccncc2)c(-c2ccc3c(c2)C(C)(C)c2cc(S)ccc2-3)cc1C=Cc1ccncc1. The summed E-state index contributed by atoms with van der Waals surface area (Å²) in [6.07, 6.45) is 16.0. The highest BCUT2D eigenvalue weighted by Crippen LogP contribution is 2.50. The first kappa shape index (κ1) is 25.1. The van der Waals surface area contributed by atoms with E-state index in [-0.39, 0.29) is 5.41 Å². The van der Waals surface area contributed by atoms with Crippen molar-refractivity contribution in [1.82, 2.24) is 9.97 Å². The minimum atomic E-state index is -0.0960. The summed E-state index contributed by atoms with van der Waals surface area (Å²) in [5, 5.41) is 0. The molecule has 0 saturated heterocycles. The molecule has 6 rings (SSSR count). The van der Waals surface area contributed by atoms with Crippen molar-refractivity contribution in [3.8, 4) is 22.3 Å². The summed E-state index contributed by atoms with van der Waals surface area (Å²) in [4.78, 5) is 9.30. The van der Waals surface area contributed by atoms with Gasteiger partial charge in [-0.2, -0.15) is 0 Å². The van der Waals surface area contributed by atoms with E-state index in [1.54, 1.807) is 0 Å². The highest BCUT2D eigenvalue weighted by molar-refractivity contribution is 7.80. The lowest BCUT2D eigenvalue weighted by molar-refractivity contribution is 0.659. The number of nitrogens with zero attached hydrogens (tertiary/aromatic N) is 2. The average molecular weight is 523 g/mol. The zero-order chi connectivity index (χ0) is 27.0. The van der Waals surface area contributed by atoms with E-state index in [1.165, 1.54) is 50.1 Å². The summed E-state index contributed by atoms with van der Waals surface area (Å²) in [5.41, 5.74) is 13.5. The fourth-order valence-electron chi connectivity index (χ4n) is 5.53. The summed E-state index contributed by atoms with van der Waals surface area (Å²) in [5.74, 6) is 0. The van der Waals surface area contributed by atoms with Crippen LogP contribution in [0.2, 0.25) is 0 Å². The quantitative estimate of drug-likeness (QED) is 0.233. The van der Waals surface area contributed by atoms with Crippen molar-refractivity contribution in [1.29, 1.82) is 0 Å². The van der Waals surface area contributed by atoms with Gasteiger partial charge in [0.2, 0.25) is 0 Å². The third kappa shape index (κ3) is 4.86. The van der Waals surface area contributed by atoms with Crippen LogP contribution in [0.3, 0.4) is 0 Å². The molecule has 0 aliphatic heterocycles. The number of fused-ring (bicyclic) bond motifs is 3. The van der Waals surface area contributed by atoms with Crippen molar-refractivity contribution < 1.29 is 0 Å². The van der Waals surface area contributed by atoms with Gasteiger partial charge in [-0.3, -0.25) is 9.97 Å². The van der Waals surface area contributed by atoms with Gasteiger partial charge in [-0.25, -0.2) is 0 Å². The molecular formula is C36H30N2S. The van der Waals surface area contributed by atoms with E-state index in [2.05, 4.69) is 116 Å². The summed E-state index contributed by atoms with van der Waals surface area (Å²) < 4.78 is 0. The Hall–Kier alpha value is -4.21. The van der Waals surface area contributed by atoms with E-state index in [4.69, 9.17) is 0 Å². The molecule has 3 heteroatoms. The minimum absolute atomic E-state index is 0.0960. The van der Waals surface area contributed by atoms with Gasteiger partial charge in [0, 0.05) is 35.1 Å². The molecule has 1 aliphatic rings. The molecule has 2 heterocycles. The van der Waals surface area contributed by atoms with Gasteiger partial charge in [-0.05, 0) is 117 Å². The predicted molar refractivity (Wildman–Crippen MR) is 168 cm³/mol. The summed E-state index contributed by atoms with van der Waals surface area (Å²) >= 11 is 4.63. The van der Waals surface area contributed by atoms with Crippen LogP contribution in [0.5, 0.6) is 0 Å². The second kappa shape index (κ2) is 10.2. The second-order valence-electron chi connectivity index (χ2n) is 10.6.